The highest BCUT2D eigenvalue weighted by molar-refractivity contribution is 6.38. The average molecular weight is 262 g/mol. The van der Waals surface area contributed by atoms with Crippen LogP contribution >= 0.6 is 0 Å². The number of Topliss-reactive ketones (excluding diaryl/α,β-unsaturated/α-hetero) is 1. The molecule has 2 aromatic rings. The number of benzene rings is 2. The van der Waals surface area contributed by atoms with Gasteiger partial charge in [0.1, 0.15) is 0 Å². The van der Waals surface area contributed by atoms with Gasteiger partial charge in [0.15, 0.2) is 11.6 Å². The zero-order chi connectivity index (χ0) is 14.3. The van der Waals surface area contributed by atoms with Crippen molar-refractivity contribution in [3.8, 4) is 0 Å². The summed E-state index contributed by atoms with van der Waals surface area (Å²) in [6.45, 7) is 3.91. The minimum Gasteiger partial charge on any atom is -0.289 e. The van der Waals surface area contributed by atoms with Crippen LogP contribution in [-0.2, 0) is 0 Å². The lowest BCUT2D eigenvalue weighted by Gasteiger charge is -2.16. The molecule has 3 rings (SSSR count). The molecule has 0 aromatic heterocycles. The molecule has 2 heteroatoms. The summed E-state index contributed by atoms with van der Waals surface area (Å²) < 4.78 is 0. The first kappa shape index (κ1) is 12.5. The second kappa shape index (κ2) is 4.57. The molecule has 0 amide bonds. The number of ketones is 2. The Morgan fingerprint density at radius 1 is 0.750 bits per heavy atom. The van der Waals surface area contributed by atoms with Crippen LogP contribution in [-0.4, -0.2) is 11.6 Å². The second-order valence-corrected chi connectivity index (χ2v) is 5.17. The highest BCUT2D eigenvalue weighted by atomic mass is 16.1. The molecule has 0 N–H and O–H groups in total. The molecule has 0 unspecified atom stereocenters. The Morgan fingerprint density at radius 2 is 1.40 bits per heavy atom. The molecule has 1 aliphatic rings. The first-order chi connectivity index (χ1) is 9.56. The highest BCUT2D eigenvalue weighted by Crippen LogP contribution is 2.28. The SMILES string of the molecule is Cc1ccc(C2=CC(=O)c3ccc(C)cc3C2=O)cc1. The van der Waals surface area contributed by atoms with Gasteiger partial charge in [-0.1, -0.05) is 47.5 Å². The lowest BCUT2D eigenvalue weighted by Crippen LogP contribution is -2.16. The normalized spacial score (nSPS) is 14.0. The summed E-state index contributed by atoms with van der Waals surface area (Å²) in [5.74, 6) is -0.178. The van der Waals surface area contributed by atoms with E-state index in [1.807, 2.05) is 44.2 Å². The zero-order valence-electron chi connectivity index (χ0n) is 11.4. The van der Waals surface area contributed by atoms with Crippen molar-refractivity contribution in [1.82, 2.24) is 0 Å². The van der Waals surface area contributed by atoms with E-state index in [9.17, 15) is 9.59 Å². The summed E-state index contributed by atoms with van der Waals surface area (Å²) >= 11 is 0. The molecule has 98 valence electrons. The number of carbonyl (C=O) groups is 2. The van der Waals surface area contributed by atoms with E-state index in [1.165, 1.54) is 6.08 Å². The monoisotopic (exact) mass is 262 g/mol. The summed E-state index contributed by atoms with van der Waals surface area (Å²) in [7, 11) is 0. The fraction of sp³-hybridized carbons (Fsp3) is 0.111. The van der Waals surface area contributed by atoms with Gasteiger partial charge < -0.3 is 0 Å². The Labute approximate surface area is 117 Å². The van der Waals surface area contributed by atoms with E-state index in [2.05, 4.69) is 0 Å². The number of rotatable bonds is 1. The van der Waals surface area contributed by atoms with Crippen LogP contribution < -0.4 is 0 Å². The molecule has 0 saturated carbocycles. The summed E-state index contributed by atoms with van der Waals surface area (Å²) in [5.41, 5.74) is 4.38. The van der Waals surface area contributed by atoms with Crippen LogP contribution in [0.3, 0.4) is 0 Å². The maximum Gasteiger partial charge on any atom is 0.194 e. The number of hydrogen-bond acceptors (Lipinski definition) is 2. The minimum atomic E-state index is -0.102. The van der Waals surface area contributed by atoms with Crippen molar-refractivity contribution in [2.24, 2.45) is 0 Å². The van der Waals surface area contributed by atoms with E-state index in [4.69, 9.17) is 0 Å². The standard InChI is InChI=1S/C18H14O2/c1-11-3-6-13(7-4-11)15-10-17(19)14-8-5-12(2)9-16(14)18(15)20/h3-10H,1-2H3. The third kappa shape index (κ3) is 1.99. The molecule has 2 nitrogen and oxygen atoms in total. The first-order valence-electron chi connectivity index (χ1n) is 6.54. The van der Waals surface area contributed by atoms with Crippen molar-refractivity contribution < 1.29 is 9.59 Å². The van der Waals surface area contributed by atoms with Gasteiger partial charge in [-0.3, -0.25) is 9.59 Å². The smallest absolute Gasteiger partial charge is 0.194 e. The van der Waals surface area contributed by atoms with Gasteiger partial charge in [0.25, 0.3) is 0 Å². The lowest BCUT2D eigenvalue weighted by atomic mass is 9.85. The van der Waals surface area contributed by atoms with Crippen LogP contribution in [0, 0.1) is 13.8 Å². The molecular formula is C18H14O2. The number of hydrogen-bond donors (Lipinski definition) is 0. The lowest BCUT2D eigenvalue weighted by molar-refractivity contribution is 0.100. The van der Waals surface area contributed by atoms with Crippen molar-refractivity contribution >= 4 is 17.1 Å². The van der Waals surface area contributed by atoms with E-state index >= 15 is 0 Å². The van der Waals surface area contributed by atoms with Crippen molar-refractivity contribution in [1.29, 1.82) is 0 Å². The van der Waals surface area contributed by atoms with Crippen molar-refractivity contribution in [3.63, 3.8) is 0 Å². The van der Waals surface area contributed by atoms with Crippen LogP contribution in [0.5, 0.6) is 0 Å². The van der Waals surface area contributed by atoms with Gasteiger partial charge in [0.05, 0.1) is 0 Å². The molecule has 0 aliphatic heterocycles. The Hall–Kier alpha value is -2.48. The summed E-state index contributed by atoms with van der Waals surface area (Å²) in [6, 6.07) is 13.0. The Kier molecular flexibility index (Phi) is 2.87. The van der Waals surface area contributed by atoms with Crippen LogP contribution in [0.2, 0.25) is 0 Å². The zero-order valence-corrected chi connectivity index (χ0v) is 11.4. The molecule has 0 fully saturated rings. The quantitative estimate of drug-likeness (QED) is 0.784. The Balaban J connectivity index is 2.13. The van der Waals surface area contributed by atoms with Crippen LogP contribution in [0.25, 0.3) is 5.57 Å². The number of aryl methyl sites for hydroxylation is 2. The molecule has 2 aromatic carbocycles. The van der Waals surface area contributed by atoms with Crippen LogP contribution in [0.1, 0.15) is 37.4 Å². The predicted molar refractivity (Wildman–Crippen MR) is 79.0 cm³/mol. The molecule has 0 heterocycles. The maximum absolute atomic E-state index is 12.6. The van der Waals surface area contributed by atoms with Gasteiger partial charge in [0.2, 0.25) is 0 Å². The van der Waals surface area contributed by atoms with Gasteiger partial charge >= 0.3 is 0 Å². The summed E-state index contributed by atoms with van der Waals surface area (Å²) in [4.78, 5) is 24.7. The van der Waals surface area contributed by atoms with Crippen LogP contribution in [0.4, 0.5) is 0 Å². The van der Waals surface area contributed by atoms with Crippen molar-refractivity contribution in [2.75, 3.05) is 0 Å². The van der Waals surface area contributed by atoms with E-state index in [1.54, 1.807) is 12.1 Å². The summed E-state index contributed by atoms with van der Waals surface area (Å²) in [5, 5.41) is 0. The van der Waals surface area contributed by atoms with Gasteiger partial charge in [-0.2, -0.15) is 0 Å². The van der Waals surface area contributed by atoms with Gasteiger partial charge in [-0.15, -0.1) is 0 Å². The van der Waals surface area contributed by atoms with Gasteiger partial charge in [-0.25, -0.2) is 0 Å². The van der Waals surface area contributed by atoms with E-state index < -0.39 is 0 Å². The number of carbonyl (C=O) groups excluding carboxylic acids is 2. The molecule has 0 radical (unpaired) electrons. The van der Waals surface area contributed by atoms with Gasteiger partial charge in [-0.05, 0) is 31.6 Å². The molecule has 1 aliphatic carbocycles. The molecule has 0 bridgehead atoms. The summed E-state index contributed by atoms with van der Waals surface area (Å²) in [6.07, 6.45) is 1.45. The Morgan fingerprint density at radius 3 is 2.10 bits per heavy atom. The van der Waals surface area contributed by atoms with Crippen molar-refractivity contribution in [3.05, 3.63) is 76.4 Å². The number of fused-ring (bicyclic) bond motifs is 1. The fourth-order valence-electron chi connectivity index (χ4n) is 2.43. The third-order valence-corrected chi connectivity index (χ3v) is 3.57. The average Bonchev–Trinajstić information content (AvgIpc) is 2.44. The van der Waals surface area contributed by atoms with Crippen LogP contribution in [0.15, 0.2) is 48.5 Å². The first-order valence-corrected chi connectivity index (χ1v) is 6.54. The minimum absolute atomic E-state index is 0.0767. The molecular weight excluding hydrogens is 248 g/mol. The molecule has 20 heavy (non-hydrogen) atoms. The Bertz CT molecular complexity index is 749. The predicted octanol–water partition coefficient (Wildman–Crippen LogP) is 3.77. The molecule has 0 atom stereocenters. The third-order valence-electron chi connectivity index (χ3n) is 3.57. The largest absolute Gasteiger partial charge is 0.289 e. The van der Waals surface area contributed by atoms with E-state index in [0.29, 0.717) is 16.7 Å². The van der Waals surface area contributed by atoms with Crippen molar-refractivity contribution in [2.45, 2.75) is 13.8 Å². The fourth-order valence-corrected chi connectivity index (χ4v) is 2.43. The maximum atomic E-state index is 12.6. The topological polar surface area (TPSA) is 34.1 Å². The van der Waals surface area contributed by atoms with E-state index in [0.717, 1.165) is 16.7 Å². The molecule has 0 spiro atoms. The second-order valence-electron chi connectivity index (χ2n) is 5.17. The highest BCUT2D eigenvalue weighted by Gasteiger charge is 2.26. The van der Waals surface area contributed by atoms with Gasteiger partial charge in [0, 0.05) is 16.7 Å². The van der Waals surface area contributed by atoms with E-state index in [-0.39, 0.29) is 11.6 Å². The molecule has 0 saturated heterocycles. The number of allylic oxidation sites excluding steroid dienone is 2.